The third-order valence-electron chi connectivity index (χ3n) is 5.67. The fraction of sp³-hybridized carbons (Fsp3) is 0.250. The molecule has 0 radical (unpaired) electrons. The average molecular weight is 468 g/mol. The Balaban J connectivity index is 1.68. The van der Waals surface area contributed by atoms with Crippen LogP contribution in [0.3, 0.4) is 0 Å². The van der Waals surface area contributed by atoms with Gasteiger partial charge in [-0.15, -0.1) is 0 Å². The van der Waals surface area contributed by atoms with E-state index >= 15 is 0 Å². The Kier molecular flexibility index (Phi) is 6.24. The van der Waals surface area contributed by atoms with Crippen molar-refractivity contribution < 1.29 is 22.7 Å². The lowest BCUT2D eigenvalue weighted by Gasteiger charge is -2.27. The van der Waals surface area contributed by atoms with Crippen LogP contribution in [0.4, 0.5) is 17.1 Å². The van der Waals surface area contributed by atoms with Gasteiger partial charge in [0, 0.05) is 35.6 Å². The molecule has 1 aliphatic heterocycles. The first-order valence-electron chi connectivity index (χ1n) is 10.6. The SMILES string of the molecule is COC(=O)[C@@H]1CCCN1c1ccc(NS(=O)(=O)c2ccc(NC(C)=O)cc2)c2ccccc12. The molecule has 0 bridgehead atoms. The number of nitrogens with zero attached hydrogens (tertiary/aromatic N) is 1. The number of hydrogen-bond donors (Lipinski definition) is 2. The van der Waals surface area contributed by atoms with E-state index in [-0.39, 0.29) is 22.8 Å². The molecule has 1 fully saturated rings. The quantitative estimate of drug-likeness (QED) is 0.535. The van der Waals surface area contributed by atoms with Crippen molar-refractivity contribution in [3.8, 4) is 0 Å². The van der Waals surface area contributed by atoms with Crippen LogP contribution < -0.4 is 14.9 Å². The smallest absolute Gasteiger partial charge is 0.328 e. The number of hydrogen-bond acceptors (Lipinski definition) is 6. The molecule has 172 valence electrons. The second kappa shape index (κ2) is 9.11. The van der Waals surface area contributed by atoms with E-state index in [0.717, 1.165) is 29.4 Å². The third kappa shape index (κ3) is 4.63. The molecule has 1 saturated heterocycles. The summed E-state index contributed by atoms with van der Waals surface area (Å²) in [6.45, 7) is 2.10. The predicted octanol–water partition coefficient (Wildman–Crippen LogP) is 3.74. The number of nitrogens with one attached hydrogen (secondary N) is 2. The largest absolute Gasteiger partial charge is 0.467 e. The molecule has 0 saturated carbocycles. The number of fused-ring (bicyclic) bond motifs is 1. The van der Waals surface area contributed by atoms with Gasteiger partial charge in [-0.1, -0.05) is 24.3 Å². The van der Waals surface area contributed by atoms with Crippen molar-refractivity contribution in [2.75, 3.05) is 28.6 Å². The fourth-order valence-electron chi connectivity index (χ4n) is 4.18. The van der Waals surface area contributed by atoms with Crippen LogP contribution in [-0.4, -0.2) is 40.0 Å². The maximum atomic E-state index is 13.0. The van der Waals surface area contributed by atoms with E-state index in [1.165, 1.54) is 38.3 Å². The van der Waals surface area contributed by atoms with Gasteiger partial charge in [0.25, 0.3) is 10.0 Å². The number of benzene rings is 3. The molecule has 1 amide bonds. The van der Waals surface area contributed by atoms with Crippen molar-refractivity contribution in [2.45, 2.75) is 30.7 Å². The van der Waals surface area contributed by atoms with Crippen molar-refractivity contribution in [2.24, 2.45) is 0 Å². The minimum absolute atomic E-state index is 0.0788. The third-order valence-corrected chi connectivity index (χ3v) is 7.05. The van der Waals surface area contributed by atoms with E-state index in [1.54, 1.807) is 6.07 Å². The Morgan fingerprint density at radius 3 is 2.36 bits per heavy atom. The van der Waals surface area contributed by atoms with Crippen LogP contribution in [-0.2, 0) is 24.3 Å². The number of sulfonamides is 1. The molecule has 33 heavy (non-hydrogen) atoms. The van der Waals surface area contributed by atoms with Crippen LogP contribution >= 0.6 is 0 Å². The summed E-state index contributed by atoms with van der Waals surface area (Å²) in [6, 6.07) is 16.6. The highest BCUT2D eigenvalue weighted by Crippen LogP contribution is 2.37. The molecule has 9 heteroatoms. The van der Waals surface area contributed by atoms with Gasteiger partial charge in [-0.3, -0.25) is 9.52 Å². The number of methoxy groups -OCH3 is 1. The summed E-state index contributed by atoms with van der Waals surface area (Å²) < 4.78 is 33.7. The predicted molar refractivity (Wildman–Crippen MR) is 128 cm³/mol. The van der Waals surface area contributed by atoms with Crippen molar-refractivity contribution in [3.63, 3.8) is 0 Å². The molecule has 4 rings (SSSR count). The molecular formula is C24H25N3O5S. The highest BCUT2D eigenvalue weighted by molar-refractivity contribution is 7.92. The number of carbonyl (C=O) groups is 2. The topological polar surface area (TPSA) is 105 Å². The van der Waals surface area contributed by atoms with Gasteiger partial charge in [0.2, 0.25) is 5.91 Å². The van der Waals surface area contributed by atoms with Crippen molar-refractivity contribution in [3.05, 3.63) is 60.7 Å². The number of amides is 1. The molecular weight excluding hydrogens is 442 g/mol. The van der Waals surface area contributed by atoms with E-state index in [0.29, 0.717) is 17.8 Å². The maximum Gasteiger partial charge on any atom is 0.328 e. The van der Waals surface area contributed by atoms with Gasteiger partial charge in [0.1, 0.15) is 6.04 Å². The molecule has 0 aromatic heterocycles. The van der Waals surface area contributed by atoms with Crippen LogP contribution in [0, 0.1) is 0 Å². The summed E-state index contributed by atoms with van der Waals surface area (Å²) in [4.78, 5) is 25.5. The first-order valence-corrected chi connectivity index (χ1v) is 12.0. The summed E-state index contributed by atoms with van der Waals surface area (Å²) in [7, 11) is -2.47. The highest BCUT2D eigenvalue weighted by Gasteiger charge is 2.32. The zero-order valence-corrected chi connectivity index (χ0v) is 19.2. The average Bonchev–Trinajstić information content (AvgIpc) is 3.28. The minimum atomic E-state index is -3.86. The van der Waals surface area contributed by atoms with E-state index in [9.17, 15) is 18.0 Å². The van der Waals surface area contributed by atoms with E-state index < -0.39 is 10.0 Å². The second-order valence-corrected chi connectivity index (χ2v) is 9.55. The Bertz CT molecular complexity index is 1310. The standard InChI is InChI=1S/C24H25N3O5S/c1-16(28)25-17-9-11-18(12-10-17)33(30,31)26-21-13-14-22(20-7-4-3-6-19(20)21)27-15-5-8-23(27)24(29)32-2/h3-4,6-7,9-14,23,26H,5,8,15H2,1-2H3,(H,25,28)/t23-/m0/s1. The molecule has 1 heterocycles. The zero-order valence-electron chi connectivity index (χ0n) is 18.4. The lowest BCUT2D eigenvalue weighted by molar-refractivity contribution is -0.141. The van der Waals surface area contributed by atoms with E-state index in [4.69, 9.17) is 4.74 Å². The molecule has 0 spiro atoms. The van der Waals surface area contributed by atoms with Gasteiger partial charge < -0.3 is 15.0 Å². The highest BCUT2D eigenvalue weighted by atomic mass is 32.2. The summed E-state index contributed by atoms with van der Waals surface area (Å²) in [5, 5.41) is 4.18. The van der Waals surface area contributed by atoms with Gasteiger partial charge in [-0.2, -0.15) is 0 Å². The fourth-order valence-corrected chi connectivity index (χ4v) is 5.26. The Labute approximate surface area is 192 Å². The number of anilines is 3. The van der Waals surface area contributed by atoms with Crippen molar-refractivity contribution in [1.82, 2.24) is 0 Å². The molecule has 3 aromatic carbocycles. The Morgan fingerprint density at radius 2 is 1.70 bits per heavy atom. The first kappa shape index (κ1) is 22.6. The molecule has 0 unspecified atom stereocenters. The van der Waals surface area contributed by atoms with Gasteiger partial charge in [-0.25, -0.2) is 13.2 Å². The molecule has 1 aliphatic rings. The number of ether oxygens (including phenoxy) is 1. The zero-order chi connectivity index (χ0) is 23.6. The van der Waals surface area contributed by atoms with Crippen molar-refractivity contribution in [1.29, 1.82) is 0 Å². The monoisotopic (exact) mass is 467 g/mol. The second-order valence-electron chi connectivity index (χ2n) is 7.86. The first-order chi connectivity index (χ1) is 15.8. The maximum absolute atomic E-state index is 13.0. The van der Waals surface area contributed by atoms with Crippen LogP contribution in [0.5, 0.6) is 0 Å². The lowest BCUT2D eigenvalue weighted by atomic mass is 10.1. The van der Waals surface area contributed by atoms with E-state index in [1.807, 2.05) is 35.2 Å². The van der Waals surface area contributed by atoms with Crippen LogP contribution in [0.15, 0.2) is 65.6 Å². The van der Waals surface area contributed by atoms with Gasteiger partial charge in [-0.05, 0) is 49.2 Å². The molecule has 3 aromatic rings. The van der Waals surface area contributed by atoms with Crippen LogP contribution in [0.2, 0.25) is 0 Å². The summed E-state index contributed by atoms with van der Waals surface area (Å²) in [5.41, 5.74) is 1.82. The normalized spacial score (nSPS) is 15.9. The van der Waals surface area contributed by atoms with Gasteiger partial charge in [0.05, 0.1) is 17.7 Å². The molecule has 0 aliphatic carbocycles. The molecule has 2 N–H and O–H groups in total. The number of rotatable bonds is 6. The van der Waals surface area contributed by atoms with Gasteiger partial charge >= 0.3 is 5.97 Å². The summed E-state index contributed by atoms with van der Waals surface area (Å²) in [6.07, 6.45) is 1.58. The molecule has 1 atom stereocenters. The van der Waals surface area contributed by atoms with Crippen LogP contribution in [0.1, 0.15) is 19.8 Å². The van der Waals surface area contributed by atoms with Crippen LogP contribution in [0.25, 0.3) is 10.8 Å². The Hall–Kier alpha value is -3.59. The number of esters is 1. The summed E-state index contributed by atoms with van der Waals surface area (Å²) >= 11 is 0. The Morgan fingerprint density at radius 1 is 1.00 bits per heavy atom. The molecule has 8 nitrogen and oxygen atoms in total. The summed E-state index contributed by atoms with van der Waals surface area (Å²) in [5.74, 6) is -0.508. The number of carbonyl (C=O) groups excluding carboxylic acids is 2. The minimum Gasteiger partial charge on any atom is -0.467 e. The van der Waals surface area contributed by atoms with Crippen molar-refractivity contribution >= 4 is 49.7 Å². The lowest BCUT2D eigenvalue weighted by Crippen LogP contribution is -2.37. The van der Waals surface area contributed by atoms with E-state index in [2.05, 4.69) is 10.0 Å². The van der Waals surface area contributed by atoms with Gasteiger partial charge in [0.15, 0.2) is 0 Å².